The smallest absolute Gasteiger partial charge is 0.238 e. The lowest BCUT2D eigenvalue weighted by Gasteiger charge is -2.17. The molecule has 2 rings (SSSR count). The van der Waals surface area contributed by atoms with Crippen LogP contribution in [-0.2, 0) is 11.5 Å². The Kier molecular flexibility index (Phi) is 5.88. The van der Waals surface area contributed by atoms with Gasteiger partial charge in [0.25, 0.3) is 0 Å². The van der Waals surface area contributed by atoms with Crippen molar-refractivity contribution in [2.45, 2.75) is 45.4 Å². The van der Waals surface area contributed by atoms with E-state index in [4.69, 9.17) is 9.47 Å². The van der Waals surface area contributed by atoms with Gasteiger partial charge in [-0.25, -0.2) is 4.98 Å². The zero-order valence-corrected chi connectivity index (χ0v) is 17.0. The van der Waals surface area contributed by atoms with E-state index >= 15 is 0 Å². The Labute approximate surface area is 146 Å². The molecule has 0 radical (unpaired) electrons. The normalized spacial score (nSPS) is 13.5. The molecule has 0 fully saturated rings. The van der Waals surface area contributed by atoms with Crippen molar-refractivity contribution in [2.75, 3.05) is 13.7 Å². The highest BCUT2D eigenvalue weighted by Gasteiger charge is 2.19. The summed E-state index contributed by atoms with van der Waals surface area (Å²) in [5, 5.41) is 11.1. The maximum absolute atomic E-state index is 10.1. The van der Waals surface area contributed by atoms with Crippen LogP contribution in [0.1, 0.15) is 18.7 Å². The first-order valence-corrected chi connectivity index (χ1v) is 12.2. The molecule has 2 aromatic heterocycles. The molecule has 1 N–H and O–H groups in total. The number of hydrogen-bond acceptors (Lipinski definition) is 4. The van der Waals surface area contributed by atoms with E-state index in [0.717, 1.165) is 33.7 Å². The topological polar surface area (TPSA) is 56.5 Å². The van der Waals surface area contributed by atoms with Crippen LogP contribution in [0.3, 0.4) is 0 Å². The molecule has 1 unspecified atom stereocenters. The van der Waals surface area contributed by atoms with E-state index < -0.39 is 14.2 Å². The van der Waals surface area contributed by atoms with Crippen molar-refractivity contribution in [3.8, 4) is 5.88 Å². The number of fused-ring (bicyclic) bond motifs is 1. The molecule has 0 aromatic carbocycles. The largest absolute Gasteiger partial charge is 0.479 e. The summed E-state index contributed by atoms with van der Waals surface area (Å²) in [6.45, 7) is 9.83. The summed E-state index contributed by atoms with van der Waals surface area (Å²) < 4.78 is 14.1. The van der Waals surface area contributed by atoms with Gasteiger partial charge in [-0.05, 0) is 35.0 Å². The minimum Gasteiger partial charge on any atom is -0.479 e. The maximum Gasteiger partial charge on any atom is 0.238 e. The van der Waals surface area contributed by atoms with Gasteiger partial charge in [0.05, 0.1) is 13.2 Å². The maximum atomic E-state index is 10.1. The first-order valence-electron chi connectivity index (χ1n) is 7.72. The van der Waals surface area contributed by atoms with Crippen LogP contribution in [0.5, 0.6) is 5.88 Å². The summed E-state index contributed by atoms with van der Waals surface area (Å²) in [5.74, 6) is 0.531. The van der Waals surface area contributed by atoms with Crippen molar-refractivity contribution in [3.05, 3.63) is 22.4 Å². The number of aliphatic hydroxyl groups excluding tert-OH is 1. The van der Waals surface area contributed by atoms with Crippen LogP contribution in [0.4, 0.5) is 0 Å². The van der Waals surface area contributed by atoms with Crippen LogP contribution >= 0.6 is 15.9 Å². The minimum atomic E-state index is -1.12. The monoisotopic (exact) mass is 400 g/mol. The minimum absolute atomic E-state index is 0.378. The van der Waals surface area contributed by atoms with Gasteiger partial charge in [0.2, 0.25) is 5.88 Å². The molecule has 2 heterocycles. The number of nitrogens with zero attached hydrogens (tertiary/aromatic N) is 2. The molecule has 0 aliphatic rings. The van der Waals surface area contributed by atoms with E-state index in [-0.39, 0.29) is 0 Å². The highest BCUT2D eigenvalue weighted by atomic mass is 79.9. The number of methoxy groups -OCH3 is 1. The molecule has 0 saturated heterocycles. The van der Waals surface area contributed by atoms with E-state index in [1.54, 1.807) is 20.2 Å². The third-order valence-corrected chi connectivity index (χ3v) is 6.06. The predicted octanol–water partition coefficient (Wildman–Crippen LogP) is 4.17. The molecule has 0 spiro atoms. The summed E-state index contributed by atoms with van der Waals surface area (Å²) in [4.78, 5) is 4.31. The van der Waals surface area contributed by atoms with E-state index in [1.807, 2.05) is 10.6 Å². The lowest BCUT2D eigenvalue weighted by Crippen LogP contribution is -2.22. The van der Waals surface area contributed by atoms with Gasteiger partial charge >= 0.3 is 0 Å². The van der Waals surface area contributed by atoms with Crippen molar-refractivity contribution < 1.29 is 14.6 Å². The number of aromatic nitrogens is 2. The van der Waals surface area contributed by atoms with Crippen LogP contribution < -0.4 is 4.74 Å². The van der Waals surface area contributed by atoms with Crippen LogP contribution in [0, 0.1) is 0 Å². The number of pyridine rings is 1. The zero-order valence-electron chi connectivity index (χ0n) is 14.4. The molecule has 128 valence electrons. The molecule has 0 aliphatic heterocycles. The molecule has 0 aliphatic carbocycles. The Bertz CT molecular complexity index is 680. The second kappa shape index (κ2) is 7.34. The van der Waals surface area contributed by atoms with E-state index in [9.17, 15) is 5.11 Å². The molecule has 7 heteroatoms. The Morgan fingerprint density at radius 1 is 1.39 bits per heavy atom. The van der Waals surface area contributed by atoms with Crippen LogP contribution in [-0.4, -0.2) is 36.4 Å². The quantitative estimate of drug-likeness (QED) is 0.559. The van der Waals surface area contributed by atoms with Gasteiger partial charge in [0.1, 0.15) is 12.2 Å². The average molecular weight is 401 g/mol. The zero-order chi connectivity index (χ0) is 17.2. The number of hydrogen-bond donors (Lipinski definition) is 1. The van der Waals surface area contributed by atoms with Crippen molar-refractivity contribution in [3.63, 3.8) is 0 Å². The van der Waals surface area contributed by atoms with E-state index in [0.29, 0.717) is 12.6 Å². The van der Waals surface area contributed by atoms with Crippen LogP contribution in [0.15, 0.2) is 16.7 Å². The average Bonchev–Trinajstić information content (AvgIpc) is 2.84. The van der Waals surface area contributed by atoms with Crippen molar-refractivity contribution >= 4 is 34.9 Å². The van der Waals surface area contributed by atoms with Gasteiger partial charge in [0, 0.05) is 36.4 Å². The fraction of sp³-hybridized carbons (Fsp3) is 0.562. The summed E-state index contributed by atoms with van der Waals surface area (Å²) in [7, 11) is 0.475. The van der Waals surface area contributed by atoms with Gasteiger partial charge in [-0.3, -0.25) is 0 Å². The fourth-order valence-electron chi connectivity index (χ4n) is 2.40. The molecule has 0 bridgehead atoms. The number of rotatable bonds is 7. The second-order valence-electron chi connectivity index (χ2n) is 6.90. The first kappa shape index (κ1) is 18.4. The molecule has 0 saturated carbocycles. The van der Waals surface area contributed by atoms with Crippen LogP contribution in [0.2, 0.25) is 25.7 Å². The summed E-state index contributed by atoms with van der Waals surface area (Å²) in [5.41, 5.74) is 1.63. The van der Waals surface area contributed by atoms with Crippen molar-refractivity contribution in [1.82, 2.24) is 9.55 Å². The van der Waals surface area contributed by atoms with Gasteiger partial charge in [-0.15, -0.1) is 0 Å². The Morgan fingerprint density at radius 2 is 2.09 bits per heavy atom. The molecular formula is C16H25BrN2O3Si. The number of aliphatic hydroxyl groups is 1. The number of ether oxygens (including phenoxy) is 2. The lowest BCUT2D eigenvalue weighted by molar-refractivity contribution is 0.0808. The third-order valence-electron chi connectivity index (χ3n) is 3.72. The number of halogens is 1. The second-order valence-corrected chi connectivity index (χ2v) is 13.4. The van der Waals surface area contributed by atoms with E-state index in [2.05, 4.69) is 40.6 Å². The Morgan fingerprint density at radius 3 is 2.65 bits per heavy atom. The Balaban J connectivity index is 2.35. The SMILES string of the molecule is COc1ncc(Br)c2cc(C(C)O)n(COCC[Si](C)(C)C)c12. The van der Waals surface area contributed by atoms with Crippen LogP contribution in [0.25, 0.3) is 10.9 Å². The molecule has 0 amide bonds. The van der Waals surface area contributed by atoms with Gasteiger partial charge < -0.3 is 19.1 Å². The van der Waals surface area contributed by atoms with Gasteiger partial charge in [-0.2, -0.15) is 0 Å². The molecule has 5 nitrogen and oxygen atoms in total. The third kappa shape index (κ3) is 4.35. The molecule has 1 atom stereocenters. The first-order chi connectivity index (χ1) is 10.7. The standard InChI is InChI=1S/C16H25BrN2O3Si/c1-11(20)14-8-12-13(17)9-18-16(21-2)15(12)19(14)10-22-6-7-23(3,4)5/h8-9,11,20H,6-7,10H2,1-5H3. The summed E-state index contributed by atoms with van der Waals surface area (Å²) in [6.07, 6.45) is 1.11. The predicted molar refractivity (Wildman–Crippen MR) is 98.7 cm³/mol. The molecular weight excluding hydrogens is 376 g/mol. The van der Waals surface area contributed by atoms with Crippen molar-refractivity contribution in [2.24, 2.45) is 0 Å². The van der Waals surface area contributed by atoms with Crippen molar-refractivity contribution in [1.29, 1.82) is 0 Å². The van der Waals surface area contributed by atoms with E-state index in [1.165, 1.54) is 0 Å². The summed E-state index contributed by atoms with van der Waals surface area (Å²) in [6, 6.07) is 3.06. The molecule has 23 heavy (non-hydrogen) atoms. The van der Waals surface area contributed by atoms with Gasteiger partial charge in [0.15, 0.2) is 0 Å². The lowest BCUT2D eigenvalue weighted by atomic mass is 10.2. The molecule has 2 aromatic rings. The van der Waals surface area contributed by atoms with Gasteiger partial charge in [-0.1, -0.05) is 19.6 Å². The highest BCUT2D eigenvalue weighted by molar-refractivity contribution is 9.10. The summed E-state index contributed by atoms with van der Waals surface area (Å²) >= 11 is 3.52. The fourth-order valence-corrected chi connectivity index (χ4v) is 3.56. The highest BCUT2D eigenvalue weighted by Crippen LogP contribution is 2.34. The Hall–Kier alpha value is -0.893.